The minimum absolute atomic E-state index is 0.0125. The molecule has 2 aromatic heterocycles. The van der Waals surface area contributed by atoms with Crippen molar-refractivity contribution in [3.05, 3.63) is 40.8 Å². The molecule has 0 N–H and O–H groups in total. The molecule has 1 atom stereocenters. The Morgan fingerprint density at radius 1 is 1.24 bits per heavy atom. The average Bonchev–Trinajstić information content (AvgIpc) is 3.45. The molecule has 4 rings (SSSR count). The summed E-state index contributed by atoms with van der Waals surface area (Å²) < 4.78 is 41.3. The lowest BCUT2D eigenvalue weighted by molar-refractivity contribution is -0.137. The number of aromatic nitrogens is 4. The number of fused-ring (bicyclic) bond motifs is 1. The lowest BCUT2D eigenvalue weighted by Crippen LogP contribution is -2.14. The van der Waals surface area contributed by atoms with Crippen molar-refractivity contribution in [3.8, 4) is 11.3 Å². The standard InChI is InChI=1S/C21H22ClF3N4/c1-3-5-16(12-6-7-12)29-17-11-26-28-19(20(17)27-18(29)4-2)14-9-8-13(10-15(14)22)21(23,24)25/h8-12,16H,3-7H2,1-2H3. The molecule has 1 saturated carbocycles. The number of benzene rings is 1. The van der Waals surface area contributed by atoms with E-state index >= 15 is 0 Å². The molecule has 0 radical (unpaired) electrons. The normalized spacial score (nSPS) is 15.8. The molecule has 0 aliphatic heterocycles. The van der Waals surface area contributed by atoms with Crippen LogP contribution in [0.25, 0.3) is 22.3 Å². The first-order chi connectivity index (χ1) is 13.8. The van der Waals surface area contributed by atoms with E-state index in [1.807, 2.05) is 0 Å². The van der Waals surface area contributed by atoms with Crippen LogP contribution >= 0.6 is 11.6 Å². The zero-order chi connectivity index (χ0) is 20.8. The second kappa shape index (κ2) is 7.59. The van der Waals surface area contributed by atoms with Gasteiger partial charge >= 0.3 is 6.18 Å². The summed E-state index contributed by atoms with van der Waals surface area (Å²) in [4.78, 5) is 4.81. The lowest BCUT2D eigenvalue weighted by atomic mass is 10.1. The Labute approximate surface area is 172 Å². The van der Waals surface area contributed by atoms with E-state index in [0.717, 1.165) is 42.7 Å². The predicted molar refractivity (Wildman–Crippen MR) is 107 cm³/mol. The highest BCUT2D eigenvalue weighted by Crippen LogP contribution is 2.45. The monoisotopic (exact) mass is 422 g/mol. The number of alkyl halides is 3. The van der Waals surface area contributed by atoms with Crippen molar-refractivity contribution < 1.29 is 13.2 Å². The highest BCUT2D eigenvalue weighted by molar-refractivity contribution is 6.33. The van der Waals surface area contributed by atoms with Gasteiger partial charge in [0.05, 0.1) is 22.3 Å². The van der Waals surface area contributed by atoms with Gasteiger partial charge in [-0.25, -0.2) is 4.98 Å². The van der Waals surface area contributed by atoms with Crippen LogP contribution in [0, 0.1) is 5.92 Å². The largest absolute Gasteiger partial charge is 0.416 e. The van der Waals surface area contributed by atoms with E-state index in [-0.39, 0.29) is 5.02 Å². The molecular weight excluding hydrogens is 401 g/mol. The van der Waals surface area contributed by atoms with Gasteiger partial charge in [-0.3, -0.25) is 0 Å². The van der Waals surface area contributed by atoms with Crippen molar-refractivity contribution in [1.82, 2.24) is 19.7 Å². The van der Waals surface area contributed by atoms with Crippen LogP contribution in [0.1, 0.15) is 57.0 Å². The van der Waals surface area contributed by atoms with Gasteiger partial charge in [0.25, 0.3) is 0 Å². The summed E-state index contributed by atoms with van der Waals surface area (Å²) >= 11 is 6.22. The van der Waals surface area contributed by atoms with Crippen LogP contribution < -0.4 is 0 Å². The van der Waals surface area contributed by atoms with E-state index in [9.17, 15) is 13.2 Å². The van der Waals surface area contributed by atoms with Crippen molar-refractivity contribution in [3.63, 3.8) is 0 Å². The summed E-state index contributed by atoms with van der Waals surface area (Å²) in [5.74, 6) is 1.59. The number of hydrogen-bond donors (Lipinski definition) is 0. The first-order valence-corrected chi connectivity index (χ1v) is 10.3. The zero-order valence-corrected chi connectivity index (χ0v) is 17.1. The molecular formula is C21H22ClF3N4. The van der Waals surface area contributed by atoms with Crippen LogP contribution in [0.5, 0.6) is 0 Å². The SMILES string of the molecule is CCCC(C1CC1)n1c(CC)nc2c(-c3ccc(C(F)(F)F)cc3Cl)nncc21. The van der Waals surface area contributed by atoms with Crippen LogP contribution in [-0.2, 0) is 12.6 Å². The highest BCUT2D eigenvalue weighted by atomic mass is 35.5. The summed E-state index contributed by atoms with van der Waals surface area (Å²) in [5, 5.41) is 8.32. The van der Waals surface area contributed by atoms with Crippen molar-refractivity contribution >= 4 is 22.6 Å². The Balaban J connectivity index is 1.87. The smallest absolute Gasteiger partial charge is 0.323 e. The van der Waals surface area contributed by atoms with Gasteiger partial charge in [0.2, 0.25) is 0 Å². The molecule has 4 nitrogen and oxygen atoms in total. The number of hydrogen-bond acceptors (Lipinski definition) is 3. The molecule has 0 saturated heterocycles. The topological polar surface area (TPSA) is 43.6 Å². The van der Waals surface area contributed by atoms with Gasteiger partial charge < -0.3 is 4.57 Å². The summed E-state index contributed by atoms with van der Waals surface area (Å²) in [5.41, 5.74) is 1.54. The van der Waals surface area contributed by atoms with Gasteiger partial charge in [0.1, 0.15) is 17.0 Å². The minimum atomic E-state index is -4.45. The fraction of sp³-hybridized carbons (Fsp3) is 0.476. The third kappa shape index (κ3) is 3.72. The second-order valence-corrected chi connectivity index (χ2v) is 7.97. The van der Waals surface area contributed by atoms with E-state index in [4.69, 9.17) is 16.6 Å². The van der Waals surface area contributed by atoms with Gasteiger partial charge in [-0.2, -0.15) is 18.3 Å². The van der Waals surface area contributed by atoms with Crippen molar-refractivity contribution in [1.29, 1.82) is 0 Å². The maximum absolute atomic E-state index is 13.0. The fourth-order valence-electron chi connectivity index (χ4n) is 4.02. The number of halogens is 4. The maximum Gasteiger partial charge on any atom is 0.416 e. The molecule has 2 heterocycles. The van der Waals surface area contributed by atoms with Gasteiger partial charge in [0, 0.05) is 18.0 Å². The molecule has 1 aliphatic rings. The van der Waals surface area contributed by atoms with Gasteiger partial charge in [-0.05, 0) is 37.3 Å². The van der Waals surface area contributed by atoms with Crippen LogP contribution in [-0.4, -0.2) is 19.7 Å². The molecule has 1 aromatic carbocycles. The van der Waals surface area contributed by atoms with E-state index in [1.165, 1.54) is 18.9 Å². The number of nitrogens with zero attached hydrogens (tertiary/aromatic N) is 4. The second-order valence-electron chi connectivity index (χ2n) is 7.56. The quantitative estimate of drug-likeness (QED) is 0.456. The summed E-state index contributed by atoms with van der Waals surface area (Å²) in [7, 11) is 0. The number of rotatable bonds is 6. The summed E-state index contributed by atoms with van der Waals surface area (Å²) in [6.07, 6.45) is 2.55. The van der Waals surface area contributed by atoms with Crippen LogP contribution in [0.2, 0.25) is 5.02 Å². The predicted octanol–water partition coefficient (Wildman–Crippen LogP) is 6.48. The summed E-state index contributed by atoms with van der Waals surface area (Å²) in [6, 6.07) is 3.66. The number of imidazole rings is 1. The molecule has 1 aliphatic carbocycles. The Hall–Kier alpha value is -2.15. The molecule has 1 fully saturated rings. The molecule has 29 heavy (non-hydrogen) atoms. The van der Waals surface area contributed by atoms with E-state index in [2.05, 4.69) is 28.6 Å². The van der Waals surface area contributed by atoms with Crippen molar-refractivity contribution in [2.45, 2.75) is 58.2 Å². The Morgan fingerprint density at radius 3 is 2.59 bits per heavy atom. The lowest BCUT2D eigenvalue weighted by Gasteiger charge is -2.20. The third-order valence-corrected chi connectivity index (χ3v) is 5.85. The van der Waals surface area contributed by atoms with E-state index in [0.29, 0.717) is 28.7 Å². The highest BCUT2D eigenvalue weighted by Gasteiger charge is 2.35. The maximum atomic E-state index is 13.0. The Morgan fingerprint density at radius 2 is 2.00 bits per heavy atom. The van der Waals surface area contributed by atoms with E-state index < -0.39 is 11.7 Å². The first-order valence-electron chi connectivity index (χ1n) is 9.94. The zero-order valence-electron chi connectivity index (χ0n) is 16.3. The molecule has 1 unspecified atom stereocenters. The minimum Gasteiger partial charge on any atom is -0.323 e. The Bertz CT molecular complexity index is 1040. The summed E-state index contributed by atoms with van der Waals surface area (Å²) in [6.45, 7) is 4.23. The molecule has 0 spiro atoms. The van der Waals surface area contributed by atoms with E-state index in [1.54, 1.807) is 6.20 Å². The van der Waals surface area contributed by atoms with Crippen LogP contribution in [0.3, 0.4) is 0 Å². The third-order valence-electron chi connectivity index (χ3n) is 5.53. The molecule has 0 bridgehead atoms. The Kier molecular flexibility index (Phi) is 5.27. The van der Waals surface area contributed by atoms with Crippen molar-refractivity contribution in [2.75, 3.05) is 0 Å². The van der Waals surface area contributed by atoms with Gasteiger partial charge in [-0.1, -0.05) is 37.9 Å². The molecule has 0 amide bonds. The first kappa shape index (κ1) is 20.1. The number of aryl methyl sites for hydroxylation is 1. The van der Waals surface area contributed by atoms with Crippen LogP contribution in [0.4, 0.5) is 13.2 Å². The average molecular weight is 423 g/mol. The molecule has 154 valence electrons. The van der Waals surface area contributed by atoms with Crippen LogP contribution in [0.15, 0.2) is 24.4 Å². The van der Waals surface area contributed by atoms with Gasteiger partial charge in [-0.15, -0.1) is 5.10 Å². The molecule has 3 aromatic rings. The fourth-order valence-corrected chi connectivity index (χ4v) is 4.29. The molecule has 8 heteroatoms. The van der Waals surface area contributed by atoms with Gasteiger partial charge in [0.15, 0.2) is 0 Å². The van der Waals surface area contributed by atoms with Crippen molar-refractivity contribution in [2.24, 2.45) is 5.92 Å².